The van der Waals surface area contributed by atoms with Crippen LogP contribution in [-0.2, 0) is 16.0 Å². The van der Waals surface area contributed by atoms with Gasteiger partial charge < -0.3 is 15.2 Å². The van der Waals surface area contributed by atoms with Gasteiger partial charge in [0.15, 0.2) is 0 Å². The Labute approximate surface area is 129 Å². The number of nitrogens with one attached hydrogen (secondary N) is 1. The number of aryl methyl sites for hydroxylation is 1. The molecule has 0 aliphatic rings. The monoisotopic (exact) mass is 311 g/mol. The summed E-state index contributed by atoms with van der Waals surface area (Å²) in [5.74, 6) is 1.16. The summed E-state index contributed by atoms with van der Waals surface area (Å²) < 4.78 is 5.10. The Morgan fingerprint density at radius 2 is 1.95 bits per heavy atom. The Kier molecular flexibility index (Phi) is 7.68. The van der Waals surface area contributed by atoms with Gasteiger partial charge in [0.05, 0.1) is 7.11 Å². The van der Waals surface area contributed by atoms with Crippen molar-refractivity contribution >= 4 is 23.6 Å². The number of carboxylic acids is 1. The summed E-state index contributed by atoms with van der Waals surface area (Å²) in [5.41, 5.74) is 1.22. The minimum Gasteiger partial charge on any atom is -0.497 e. The van der Waals surface area contributed by atoms with Crippen molar-refractivity contribution in [2.45, 2.75) is 25.8 Å². The second kappa shape index (κ2) is 9.28. The average molecular weight is 311 g/mol. The number of methoxy groups -OCH3 is 1. The van der Waals surface area contributed by atoms with Crippen molar-refractivity contribution in [1.29, 1.82) is 0 Å². The molecule has 1 aromatic carbocycles. The van der Waals surface area contributed by atoms with Crippen LogP contribution in [0.15, 0.2) is 24.3 Å². The van der Waals surface area contributed by atoms with Crippen LogP contribution < -0.4 is 10.1 Å². The van der Waals surface area contributed by atoms with Gasteiger partial charge in [-0.3, -0.25) is 4.79 Å². The maximum Gasteiger partial charge on any atom is 0.326 e. The summed E-state index contributed by atoms with van der Waals surface area (Å²) in [7, 11) is 1.64. The molecule has 0 spiro atoms. The van der Waals surface area contributed by atoms with E-state index in [-0.39, 0.29) is 5.91 Å². The Bertz CT molecular complexity index is 461. The summed E-state index contributed by atoms with van der Waals surface area (Å²) in [4.78, 5) is 21.8. The van der Waals surface area contributed by atoms with E-state index >= 15 is 0 Å². The molecule has 2 N–H and O–H groups in total. The predicted octanol–water partition coefficient (Wildman–Crippen LogP) is 1.95. The van der Waals surface area contributed by atoms with Crippen LogP contribution in [0.5, 0.6) is 5.75 Å². The number of carboxylic acid groups (broad SMARTS) is 1. The second-order valence-corrected chi connectivity index (χ2v) is 5.82. The molecule has 0 radical (unpaired) electrons. The van der Waals surface area contributed by atoms with E-state index in [1.54, 1.807) is 18.9 Å². The molecule has 0 saturated carbocycles. The summed E-state index contributed by atoms with van der Waals surface area (Å²) in [5, 5.41) is 11.4. The highest BCUT2D eigenvalue weighted by Crippen LogP contribution is 2.14. The number of rotatable bonds is 9. The van der Waals surface area contributed by atoms with E-state index in [9.17, 15) is 9.59 Å². The van der Waals surface area contributed by atoms with Gasteiger partial charge >= 0.3 is 5.97 Å². The zero-order valence-corrected chi connectivity index (χ0v) is 13.1. The van der Waals surface area contributed by atoms with E-state index < -0.39 is 12.0 Å². The van der Waals surface area contributed by atoms with Crippen molar-refractivity contribution in [2.24, 2.45) is 0 Å². The Morgan fingerprint density at radius 1 is 1.29 bits per heavy atom. The van der Waals surface area contributed by atoms with E-state index in [0.29, 0.717) is 12.2 Å². The van der Waals surface area contributed by atoms with Crippen molar-refractivity contribution in [2.75, 3.05) is 18.6 Å². The third-order valence-corrected chi connectivity index (χ3v) is 3.94. The lowest BCUT2D eigenvalue weighted by atomic mass is 10.2. The molecule has 1 aromatic rings. The Hall–Kier alpha value is -1.69. The highest BCUT2D eigenvalue weighted by Gasteiger charge is 2.17. The predicted molar refractivity (Wildman–Crippen MR) is 83.9 cm³/mol. The first kappa shape index (κ1) is 17.4. The molecule has 0 aromatic heterocycles. The van der Waals surface area contributed by atoms with Gasteiger partial charge in [-0.05, 0) is 42.0 Å². The van der Waals surface area contributed by atoms with Gasteiger partial charge in [-0.15, -0.1) is 0 Å². The molecule has 1 atom stereocenters. The molecule has 0 heterocycles. The maximum atomic E-state index is 10.9. The van der Waals surface area contributed by atoms with Crippen LogP contribution in [0.25, 0.3) is 0 Å². The van der Waals surface area contributed by atoms with Crippen LogP contribution in [0, 0.1) is 0 Å². The number of hydrogen-bond acceptors (Lipinski definition) is 4. The molecule has 1 rings (SSSR count). The lowest BCUT2D eigenvalue weighted by Crippen LogP contribution is -2.39. The fourth-order valence-corrected chi connectivity index (χ4v) is 2.77. The molecular weight excluding hydrogens is 290 g/mol. The van der Waals surface area contributed by atoms with Crippen LogP contribution in [0.1, 0.15) is 18.9 Å². The van der Waals surface area contributed by atoms with Crippen LogP contribution in [0.3, 0.4) is 0 Å². The van der Waals surface area contributed by atoms with Crippen molar-refractivity contribution in [3.05, 3.63) is 29.8 Å². The third-order valence-electron chi connectivity index (χ3n) is 2.92. The van der Waals surface area contributed by atoms with Gasteiger partial charge in [0.25, 0.3) is 0 Å². The van der Waals surface area contributed by atoms with Crippen LogP contribution in [0.2, 0.25) is 0 Å². The summed E-state index contributed by atoms with van der Waals surface area (Å²) in [6, 6.07) is 7.11. The average Bonchev–Trinajstić information content (AvgIpc) is 2.45. The van der Waals surface area contributed by atoms with Gasteiger partial charge in [0.1, 0.15) is 11.8 Å². The van der Waals surface area contributed by atoms with Gasteiger partial charge in [0.2, 0.25) is 5.91 Å². The fourth-order valence-electron chi connectivity index (χ4n) is 1.79. The topological polar surface area (TPSA) is 75.6 Å². The number of ether oxygens (including phenoxy) is 1. The summed E-state index contributed by atoms with van der Waals surface area (Å²) in [6.07, 6.45) is 1.36. The normalized spacial score (nSPS) is 11.7. The number of amides is 1. The van der Waals surface area contributed by atoms with E-state index in [2.05, 4.69) is 5.32 Å². The summed E-state index contributed by atoms with van der Waals surface area (Å²) in [6.45, 7) is 1.33. The molecule has 0 aliphatic carbocycles. The lowest BCUT2D eigenvalue weighted by Gasteiger charge is -2.12. The SMILES string of the molecule is COc1ccc(CCSCCC(NC(C)=O)C(=O)O)cc1. The quantitative estimate of drug-likeness (QED) is 0.682. The van der Waals surface area contributed by atoms with Crippen molar-refractivity contribution < 1.29 is 19.4 Å². The zero-order valence-electron chi connectivity index (χ0n) is 12.3. The molecule has 1 unspecified atom stereocenters. The van der Waals surface area contributed by atoms with Gasteiger partial charge in [-0.1, -0.05) is 12.1 Å². The number of carbonyl (C=O) groups is 2. The van der Waals surface area contributed by atoms with Gasteiger partial charge in [-0.2, -0.15) is 11.8 Å². The lowest BCUT2D eigenvalue weighted by molar-refractivity contribution is -0.141. The number of carbonyl (C=O) groups excluding carboxylic acids is 1. The molecule has 5 nitrogen and oxygen atoms in total. The molecule has 1 amide bonds. The second-order valence-electron chi connectivity index (χ2n) is 4.59. The number of hydrogen-bond donors (Lipinski definition) is 2. The first-order valence-electron chi connectivity index (χ1n) is 6.73. The summed E-state index contributed by atoms with van der Waals surface area (Å²) >= 11 is 1.68. The minimum atomic E-state index is -0.985. The maximum absolute atomic E-state index is 10.9. The molecule has 0 saturated heterocycles. The van der Waals surface area contributed by atoms with E-state index in [0.717, 1.165) is 17.9 Å². The van der Waals surface area contributed by atoms with Gasteiger partial charge in [-0.25, -0.2) is 4.79 Å². The first-order valence-corrected chi connectivity index (χ1v) is 7.89. The van der Waals surface area contributed by atoms with Crippen LogP contribution in [0.4, 0.5) is 0 Å². The molecule has 116 valence electrons. The first-order chi connectivity index (χ1) is 10.0. The molecule has 0 bridgehead atoms. The molecule has 21 heavy (non-hydrogen) atoms. The molecule has 0 fully saturated rings. The number of benzene rings is 1. The van der Waals surface area contributed by atoms with Crippen molar-refractivity contribution in [3.8, 4) is 5.75 Å². The van der Waals surface area contributed by atoms with Crippen LogP contribution in [-0.4, -0.2) is 41.6 Å². The highest BCUT2D eigenvalue weighted by molar-refractivity contribution is 7.99. The standard InChI is InChI=1S/C15H21NO4S/c1-11(17)16-14(15(18)19)8-10-21-9-7-12-3-5-13(20-2)6-4-12/h3-6,14H,7-10H2,1-2H3,(H,16,17)(H,18,19). The van der Waals surface area contributed by atoms with E-state index in [1.807, 2.05) is 24.3 Å². The van der Waals surface area contributed by atoms with Crippen molar-refractivity contribution in [1.82, 2.24) is 5.32 Å². The molecule has 0 aliphatic heterocycles. The Balaban J connectivity index is 2.23. The van der Waals surface area contributed by atoms with Gasteiger partial charge in [0, 0.05) is 6.92 Å². The van der Waals surface area contributed by atoms with E-state index in [4.69, 9.17) is 9.84 Å². The molecular formula is C15H21NO4S. The molecule has 6 heteroatoms. The fraction of sp³-hybridized carbons (Fsp3) is 0.467. The highest BCUT2D eigenvalue weighted by atomic mass is 32.2. The largest absolute Gasteiger partial charge is 0.497 e. The van der Waals surface area contributed by atoms with E-state index in [1.165, 1.54) is 12.5 Å². The third kappa shape index (κ3) is 7.04. The van der Waals surface area contributed by atoms with Crippen molar-refractivity contribution in [3.63, 3.8) is 0 Å². The van der Waals surface area contributed by atoms with Crippen LogP contribution >= 0.6 is 11.8 Å². The number of thioether (sulfide) groups is 1. The smallest absolute Gasteiger partial charge is 0.326 e. The number of aliphatic carboxylic acids is 1. The minimum absolute atomic E-state index is 0.314. The zero-order chi connectivity index (χ0) is 15.7. The Morgan fingerprint density at radius 3 is 2.48 bits per heavy atom.